The van der Waals surface area contributed by atoms with E-state index in [4.69, 9.17) is 9.26 Å². The normalized spacial score (nSPS) is 31.7. The molecule has 3 aliphatic rings. The molecule has 1 amide bonds. The summed E-state index contributed by atoms with van der Waals surface area (Å²) in [7, 11) is 0. The van der Waals surface area contributed by atoms with Gasteiger partial charge in [-0.05, 0) is 12.8 Å². The van der Waals surface area contributed by atoms with E-state index in [2.05, 4.69) is 39.2 Å². The Labute approximate surface area is 161 Å². The number of nitrogens with zero attached hydrogens (tertiary/aromatic N) is 4. The van der Waals surface area contributed by atoms with Crippen molar-refractivity contribution < 1.29 is 14.1 Å². The van der Waals surface area contributed by atoms with Crippen LogP contribution in [0.25, 0.3) is 0 Å². The molecular formula is C18H23N5O3S. The minimum atomic E-state index is -0.146. The highest BCUT2D eigenvalue weighted by molar-refractivity contribution is 7.07. The van der Waals surface area contributed by atoms with Crippen molar-refractivity contribution >= 4 is 23.3 Å². The molecule has 0 radical (unpaired) electrons. The average molecular weight is 389 g/mol. The quantitative estimate of drug-likeness (QED) is 0.836. The number of amides is 1. The van der Waals surface area contributed by atoms with Gasteiger partial charge in [-0.25, -0.2) is 4.98 Å². The SMILES string of the molecule is CC(C)c1noc(N2C[C@@H]3[C@H](CNC(=O)c4cscn4)[C@H]4CC[C@]3(C2)O4)n1. The van der Waals surface area contributed by atoms with Gasteiger partial charge in [-0.15, -0.1) is 11.3 Å². The first-order valence-corrected chi connectivity index (χ1v) is 10.4. The highest BCUT2D eigenvalue weighted by atomic mass is 32.1. The first-order valence-electron chi connectivity index (χ1n) is 9.48. The van der Waals surface area contributed by atoms with Gasteiger partial charge in [0.15, 0.2) is 5.82 Å². The lowest BCUT2D eigenvalue weighted by molar-refractivity contribution is 0.0139. The summed E-state index contributed by atoms with van der Waals surface area (Å²) >= 11 is 1.43. The summed E-state index contributed by atoms with van der Waals surface area (Å²) in [6.45, 7) is 6.33. The molecule has 5 rings (SSSR count). The molecule has 9 heteroatoms. The van der Waals surface area contributed by atoms with Gasteiger partial charge in [0.1, 0.15) is 5.69 Å². The molecule has 3 aliphatic heterocycles. The van der Waals surface area contributed by atoms with E-state index in [1.807, 2.05) is 0 Å². The predicted molar refractivity (Wildman–Crippen MR) is 98.9 cm³/mol. The Kier molecular flexibility index (Phi) is 3.98. The summed E-state index contributed by atoms with van der Waals surface area (Å²) in [6.07, 6.45) is 2.32. The average Bonchev–Trinajstić information content (AvgIpc) is 3.45. The lowest BCUT2D eigenvalue weighted by atomic mass is 9.73. The third kappa shape index (κ3) is 2.75. The second-order valence-corrected chi connectivity index (χ2v) is 8.80. The van der Waals surface area contributed by atoms with Gasteiger partial charge in [0.25, 0.3) is 5.91 Å². The van der Waals surface area contributed by atoms with Crippen LogP contribution in [-0.2, 0) is 4.74 Å². The minimum absolute atomic E-state index is 0.110. The Hall–Kier alpha value is -2.00. The van der Waals surface area contributed by atoms with Gasteiger partial charge in [0.05, 0.1) is 23.8 Å². The number of nitrogens with one attached hydrogen (secondary N) is 1. The third-order valence-corrected chi connectivity index (χ3v) is 6.75. The second-order valence-electron chi connectivity index (χ2n) is 8.08. The number of aromatic nitrogens is 3. The van der Waals surface area contributed by atoms with Gasteiger partial charge in [0, 0.05) is 36.2 Å². The third-order valence-electron chi connectivity index (χ3n) is 6.17. The van der Waals surface area contributed by atoms with Gasteiger partial charge >= 0.3 is 6.01 Å². The number of carbonyl (C=O) groups is 1. The van der Waals surface area contributed by atoms with E-state index in [-0.39, 0.29) is 23.5 Å². The van der Waals surface area contributed by atoms with Crippen molar-refractivity contribution in [2.45, 2.75) is 44.3 Å². The minimum Gasteiger partial charge on any atom is -0.369 e. The number of rotatable bonds is 5. The van der Waals surface area contributed by atoms with Crippen LogP contribution in [0.1, 0.15) is 48.9 Å². The van der Waals surface area contributed by atoms with Crippen LogP contribution in [0, 0.1) is 11.8 Å². The molecule has 0 aliphatic carbocycles. The molecule has 2 aromatic heterocycles. The van der Waals surface area contributed by atoms with Crippen molar-refractivity contribution in [2.24, 2.45) is 11.8 Å². The lowest BCUT2D eigenvalue weighted by Gasteiger charge is -2.29. The topological polar surface area (TPSA) is 93.4 Å². The van der Waals surface area contributed by atoms with Crippen LogP contribution in [0.2, 0.25) is 0 Å². The smallest absolute Gasteiger partial charge is 0.324 e. The Morgan fingerprint density at radius 2 is 2.41 bits per heavy atom. The maximum atomic E-state index is 12.3. The molecular weight excluding hydrogens is 366 g/mol. The van der Waals surface area contributed by atoms with E-state index in [0.717, 1.165) is 31.8 Å². The molecule has 27 heavy (non-hydrogen) atoms. The van der Waals surface area contributed by atoms with E-state index < -0.39 is 0 Å². The first-order chi connectivity index (χ1) is 13.1. The molecule has 0 unspecified atom stereocenters. The Morgan fingerprint density at radius 3 is 3.15 bits per heavy atom. The van der Waals surface area contributed by atoms with Crippen LogP contribution >= 0.6 is 11.3 Å². The van der Waals surface area contributed by atoms with Gasteiger partial charge in [-0.1, -0.05) is 19.0 Å². The Balaban J connectivity index is 1.29. The lowest BCUT2D eigenvalue weighted by Crippen LogP contribution is -2.42. The van der Waals surface area contributed by atoms with Crippen molar-refractivity contribution in [3.63, 3.8) is 0 Å². The molecule has 144 valence electrons. The summed E-state index contributed by atoms with van der Waals surface area (Å²) in [5, 5.41) is 8.91. The summed E-state index contributed by atoms with van der Waals surface area (Å²) in [5.41, 5.74) is 2.02. The van der Waals surface area contributed by atoms with Gasteiger partial charge < -0.3 is 19.5 Å². The maximum absolute atomic E-state index is 12.3. The van der Waals surface area contributed by atoms with Crippen LogP contribution in [0.3, 0.4) is 0 Å². The van der Waals surface area contributed by atoms with Crippen molar-refractivity contribution in [3.05, 3.63) is 22.4 Å². The monoisotopic (exact) mass is 389 g/mol. The van der Waals surface area contributed by atoms with Crippen LogP contribution in [0.4, 0.5) is 6.01 Å². The largest absolute Gasteiger partial charge is 0.369 e. The molecule has 1 N–H and O–H groups in total. The standard InChI is InChI=1S/C18H23N5O3S/c1-10(2)15-21-17(26-22-15)23-6-12-11(14-3-4-18(12,8-23)25-14)5-19-16(24)13-7-27-9-20-13/h7,9-12,14H,3-6,8H2,1-2H3,(H,19,24)/t11-,12+,14+,18+/m0/s1. The highest BCUT2D eigenvalue weighted by Gasteiger charge is 2.63. The fourth-order valence-corrected chi connectivity index (χ4v) is 5.36. The molecule has 3 saturated heterocycles. The number of fused-ring (bicyclic) bond motifs is 1. The number of carbonyl (C=O) groups excluding carboxylic acids is 1. The van der Waals surface area contributed by atoms with Crippen molar-refractivity contribution in [1.29, 1.82) is 0 Å². The van der Waals surface area contributed by atoms with Crippen molar-refractivity contribution in [1.82, 2.24) is 20.4 Å². The summed E-state index contributed by atoms with van der Waals surface area (Å²) in [5.74, 6) is 1.53. The molecule has 5 heterocycles. The zero-order chi connectivity index (χ0) is 18.6. The van der Waals surface area contributed by atoms with Crippen molar-refractivity contribution in [3.8, 4) is 0 Å². The zero-order valence-electron chi connectivity index (χ0n) is 15.4. The zero-order valence-corrected chi connectivity index (χ0v) is 16.2. The van der Waals surface area contributed by atoms with Gasteiger partial charge in [0.2, 0.25) is 0 Å². The summed E-state index contributed by atoms with van der Waals surface area (Å²) < 4.78 is 11.9. The number of hydrogen-bond donors (Lipinski definition) is 1. The number of ether oxygens (including phenoxy) is 1. The summed E-state index contributed by atoms with van der Waals surface area (Å²) in [4.78, 5) is 23.0. The van der Waals surface area contributed by atoms with Crippen LogP contribution < -0.4 is 10.2 Å². The fourth-order valence-electron chi connectivity index (χ4n) is 4.82. The molecule has 3 fully saturated rings. The molecule has 2 bridgehead atoms. The van der Waals surface area contributed by atoms with Crippen LogP contribution in [0.5, 0.6) is 0 Å². The molecule has 0 saturated carbocycles. The molecule has 4 atom stereocenters. The fraction of sp³-hybridized carbons (Fsp3) is 0.667. The van der Waals surface area contributed by atoms with E-state index >= 15 is 0 Å². The molecule has 1 spiro atoms. The Bertz CT molecular complexity index is 838. The maximum Gasteiger partial charge on any atom is 0.324 e. The van der Waals surface area contributed by atoms with E-state index in [0.29, 0.717) is 30.1 Å². The van der Waals surface area contributed by atoms with Crippen molar-refractivity contribution in [2.75, 3.05) is 24.5 Å². The predicted octanol–water partition coefficient (Wildman–Crippen LogP) is 2.06. The van der Waals surface area contributed by atoms with E-state index in [9.17, 15) is 4.79 Å². The van der Waals surface area contributed by atoms with Gasteiger partial charge in [-0.2, -0.15) is 4.98 Å². The number of anilines is 1. The molecule has 2 aromatic rings. The second kappa shape index (κ2) is 6.27. The van der Waals surface area contributed by atoms with Crippen LogP contribution in [0.15, 0.2) is 15.4 Å². The summed E-state index contributed by atoms with van der Waals surface area (Å²) in [6, 6.07) is 0.583. The van der Waals surface area contributed by atoms with Crippen LogP contribution in [-0.4, -0.2) is 52.4 Å². The van der Waals surface area contributed by atoms with E-state index in [1.54, 1.807) is 10.9 Å². The first kappa shape index (κ1) is 17.1. The molecule has 0 aromatic carbocycles. The van der Waals surface area contributed by atoms with E-state index in [1.165, 1.54) is 11.3 Å². The van der Waals surface area contributed by atoms with Gasteiger partial charge in [-0.3, -0.25) is 4.79 Å². The number of hydrogen-bond acceptors (Lipinski definition) is 8. The molecule has 8 nitrogen and oxygen atoms in total. The highest BCUT2D eigenvalue weighted by Crippen LogP contribution is 2.55. The Morgan fingerprint density at radius 1 is 1.52 bits per heavy atom. The number of thiazole rings is 1.